The van der Waals surface area contributed by atoms with Crippen LogP contribution in [-0.4, -0.2) is 96.9 Å². The van der Waals surface area contributed by atoms with Crippen LogP contribution in [0.1, 0.15) is 38.8 Å². The quantitative estimate of drug-likeness (QED) is 0.507. The Balaban J connectivity index is 1.37. The number of ether oxygens (including phenoxy) is 2. The van der Waals surface area contributed by atoms with Gasteiger partial charge in [0, 0.05) is 50.7 Å². The number of nitrogens with zero attached hydrogens (tertiary/aromatic N) is 4. The van der Waals surface area contributed by atoms with Gasteiger partial charge in [-0.25, -0.2) is 9.37 Å². The number of halogens is 2. The van der Waals surface area contributed by atoms with Gasteiger partial charge < -0.3 is 19.7 Å². The SMILES string of the molecule is C[C@@H]1CN(CC(=O)N2CC(C)(C)Oc3nc(Br)c(Cc4ccc(F)cc4)cc32)[C@@H](CN2CCOC[C@H]2C)CN1. The largest absolute Gasteiger partial charge is 0.468 e. The van der Waals surface area contributed by atoms with Gasteiger partial charge in [-0.05, 0) is 73.0 Å². The molecule has 0 saturated carbocycles. The number of fused-ring (bicyclic) bond motifs is 1. The van der Waals surface area contributed by atoms with Gasteiger partial charge in [0.25, 0.3) is 0 Å². The van der Waals surface area contributed by atoms with E-state index in [2.05, 4.69) is 44.9 Å². The molecule has 212 valence electrons. The van der Waals surface area contributed by atoms with Crippen molar-refractivity contribution >= 4 is 27.5 Å². The number of aromatic nitrogens is 1. The fourth-order valence-electron chi connectivity index (χ4n) is 5.67. The van der Waals surface area contributed by atoms with Crippen LogP contribution < -0.4 is 15.0 Å². The van der Waals surface area contributed by atoms with Crippen LogP contribution in [0.15, 0.2) is 34.9 Å². The Morgan fingerprint density at radius 1 is 1.23 bits per heavy atom. The molecule has 1 amide bonds. The van der Waals surface area contributed by atoms with E-state index in [9.17, 15) is 9.18 Å². The van der Waals surface area contributed by atoms with Gasteiger partial charge >= 0.3 is 0 Å². The van der Waals surface area contributed by atoms with E-state index in [1.54, 1.807) is 12.1 Å². The van der Waals surface area contributed by atoms with Crippen molar-refractivity contribution in [1.82, 2.24) is 20.1 Å². The van der Waals surface area contributed by atoms with E-state index in [0.29, 0.717) is 47.8 Å². The first-order chi connectivity index (χ1) is 18.6. The third-order valence-electron chi connectivity index (χ3n) is 7.82. The molecule has 0 bridgehead atoms. The maximum absolute atomic E-state index is 14.0. The van der Waals surface area contributed by atoms with E-state index < -0.39 is 5.60 Å². The van der Waals surface area contributed by atoms with Crippen LogP contribution in [0.3, 0.4) is 0 Å². The van der Waals surface area contributed by atoms with Gasteiger partial charge in [-0.3, -0.25) is 14.6 Å². The number of morpholine rings is 1. The molecule has 0 radical (unpaired) electrons. The van der Waals surface area contributed by atoms with Crippen LogP contribution in [0.4, 0.5) is 10.1 Å². The lowest BCUT2D eigenvalue weighted by Crippen LogP contribution is -2.62. The molecule has 2 aromatic rings. The first kappa shape index (κ1) is 28.4. The van der Waals surface area contributed by atoms with Crippen LogP contribution in [-0.2, 0) is 16.0 Å². The van der Waals surface area contributed by atoms with Crippen molar-refractivity contribution in [3.8, 4) is 5.88 Å². The molecule has 2 fully saturated rings. The van der Waals surface area contributed by atoms with Crippen LogP contribution in [0, 0.1) is 5.82 Å². The molecule has 0 spiro atoms. The van der Waals surface area contributed by atoms with Crippen molar-refractivity contribution in [2.75, 3.05) is 57.4 Å². The third kappa shape index (κ3) is 6.79. The highest BCUT2D eigenvalue weighted by atomic mass is 79.9. The van der Waals surface area contributed by atoms with E-state index in [1.165, 1.54) is 12.1 Å². The second-order valence-electron chi connectivity index (χ2n) is 11.7. The number of nitrogens with one attached hydrogen (secondary N) is 1. The monoisotopic (exact) mass is 603 g/mol. The number of hydrogen-bond donors (Lipinski definition) is 1. The Kier molecular flexibility index (Phi) is 8.59. The van der Waals surface area contributed by atoms with Crippen molar-refractivity contribution in [2.24, 2.45) is 0 Å². The van der Waals surface area contributed by atoms with E-state index in [1.807, 2.05) is 24.8 Å². The van der Waals surface area contributed by atoms with Crippen LogP contribution >= 0.6 is 15.9 Å². The summed E-state index contributed by atoms with van der Waals surface area (Å²) in [4.78, 5) is 25.4. The van der Waals surface area contributed by atoms with Crippen LogP contribution in [0.25, 0.3) is 0 Å². The van der Waals surface area contributed by atoms with Gasteiger partial charge in [-0.1, -0.05) is 12.1 Å². The minimum atomic E-state index is -0.576. The standard InChI is InChI=1S/C29H39BrFN5O3/c1-19-14-35(24(13-32-19)15-34-9-10-38-17-20(34)2)16-26(37)36-18-29(3,4)39-28-25(36)12-22(27(30)33-28)11-21-5-7-23(31)8-6-21/h5-8,12,19-20,24,32H,9-11,13-18H2,1-4H3/t19-,20-,24-/m1/s1. The zero-order valence-corrected chi connectivity index (χ0v) is 24.8. The Morgan fingerprint density at radius 2 is 2.00 bits per heavy atom. The predicted molar refractivity (Wildman–Crippen MR) is 153 cm³/mol. The summed E-state index contributed by atoms with van der Waals surface area (Å²) in [5, 5.41) is 3.61. The minimum Gasteiger partial charge on any atom is -0.468 e. The molecule has 1 N–H and O–H groups in total. The van der Waals surface area contributed by atoms with Crippen molar-refractivity contribution in [3.05, 3.63) is 51.9 Å². The van der Waals surface area contributed by atoms with Crippen LogP contribution in [0.2, 0.25) is 0 Å². The highest BCUT2D eigenvalue weighted by Gasteiger charge is 2.38. The number of carbonyl (C=O) groups is 1. The molecule has 10 heteroatoms. The van der Waals surface area contributed by atoms with Gasteiger partial charge in [0.15, 0.2) is 0 Å². The lowest BCUT2D eigenvalue weighted by molar-refractivity contribution is -0.122. The maximum Gasteiger partial charge on any atom is 0.241 e. The molecule has 1 aromatic carbocycles. The molecule has 8 nitrogen and oxygen atoms in total. The zero-order valence-electron chi connectivity index (χ0n) is 23.3. The maximum atomic E-state index is 14.0. The fourth-order valence-corrected chi connectivity index (χ4v) is 6.09. The molecule has 3 aliphatic heterocycles. The van der Waals surface area contributed by atoms with Crippen molar-refractivity contribution in [2.45, 2.75) is 57.8 Å². The topological polar surface area (TPSA) is 70.2 Å². The number of rotatable bonds is 6. The van der Waals surface area contributed by atoms with E-state index in [0.717, 1.165) is 50.5 Å². The molecule has 5 rings (SSSR count). The second kappa shape index (κ2) is 11.8. The number of amides is 1. The number of hydrogen-bond acceptors (Lipinski definition) is 7. The molecule has 4 heterocycles. The summed E-state index contributed by atoms with van der Waals surface area (Å²) >= 11 is 3.59. The van der Waals surface area contributed by atoms with Gasteiger partial charge in [0.05, 0.1) is 26.3 Å². The zero-order chi connectivity index (χ0) is 27.7. The molecule has 39 heavy (non-hydrogen) atoms. The molecular weight excluding hydrogens is 565 g/mol. The molecule has 0 unspecified atom stereocenters. The normalized spacial score (nSPS) is 25.7. The summed E-state index contributed by atoms with van der Waals surface area (Å²) in [5.74, 6) is 0.220. The molecular formula is C29H39BrFN5O3. The summed E-state index contributed by atoms with van der Waals surface area (Å²) in [5.41, 5.74) is 1.98. The number of carbonyl (C=O) groups excluding carboxylic acids is 1. The second-order valence-corrected chi connectivity index (χ2v) is 12.5. The molecule has 3 aliphatic rings. The summed E-state index contributed by atoms with van der Waals surface area (Å²) in [6, 6.07) is 9.34. The first-order valence-electron chi connectivity index (χ1n) is 13.8. The number of anilines is 1. The van der Waals surface area contributed by atoms with Crippen molar-refractivity contribution in [3.63, 3.8) is 0 Å². The molecule has 1 aromatic heterocycles. The Morgan fingerprint density at radius 3 is 2.74 bits per heavy atom. The van der Waals surface area contributed by atoms with Crippen molar-refractivity contribution < 1.29 is 18.7 Å². The fraction of sp³-hybridized carbons (Fsp3) is 0.586. The average molecular weight is 605 g/mol. The number of pyridine rings is 1. The van der Waals surface area contributed by atoms with Gasteiger partial charge in [0.2, 0.25) is 11.8 Å². The smallest absolute Gasteiger partial charge is 0.241 e. The van der Waals surface area contributed by atoms with E-state index in [-0.39, 0.29) is 17.8 Å². The van der Waals surface area contributed by atoms with Crippen molar-refractivity contribution in [1.29, 1.82) is 0 Å². The number of benzene rings is 1. The average Bonchev–Trinajstić information content (AvgIpc) is 2.88. The highest BCUT2D eigenvalue weighted by Crippen LogP contribution is 2.39. The lowest BCUT2D eigenvalue weighted by Gasteiger charge is -2.45. The molecule has 2 saturated heterocycles. The first-order valence-corrected chi connectivity index (χ1v) is 14.6. The van der Waals surface area contributed by atoms with Gasteiger partial charge in [-0.2, -0.15) is 0 Å². The lowest BCUT2D eigenvalue weighted by atomic mass is 10.0. The van der Waals surface area contributed by atoms with Crippen LogP contribution in [0.5, 0.6) is 5.88 Å². The Labute approximate surface area is 239 Å². The summed E-state index contributed by atoms with van der Waals surface area (Å²) in [6.45, 7) is 14.1. The van der Waals surface area contributed by atoms with E-state index >= 15 is 0 Å². The molecule has 0 aliphatic carbocycles. The van der Waals surface area contributed by atoms with E-state index in [4.69, 9.17) is 14.5 Å². The highest BCUT2D eigenvalue weighted by molar-refractivity contribution is 9.10. The summed E-state index contributed by atoms with van der Waals surface area (Å²) in [6.07, 6.45) is 0.557. The summed E-state index contributed by atoms with van der Waals surface area (Å²) < 4.78 is 25.9. The van der Waals surface area contributed by atoms with Gasteiger partial charge in [0.1, 0.15) is 21.7 Å². The third-order valence-corrected chi connectivity index (χ3v) is 8.51. The molecule has 3 atom stereocenters. The van der Waals surface area contributed by atoms with Gasteiger partial charge in [-0.15, -0.1) is 0 Å². The Hall–Kier alpha value is -2.11. The Bertz CT molecular complexity index is 1180. The number of piperazine rings is 1. The summed E-state index contributed by atoms with van der Waals surface area (Å²) in [7, 11) is 0. The minimum absolute atomic E-state index is 0.0404. The predicted octanol–water partition coefficient (Wildman–Crippen LogP) is 3.46.